The summed E-state index contributed by atoms with van der Waals surface area (Å²) in [6.07, 6.45) is 8.67. The first-order valence-electron chi connectivity index (χ1n) is 4.98. The van der Waals surface area contributed by atoms with Gasteiger partial charge in [0.1, 0.15) is 0 Å². The predicted octanol–water partition coefficient (Wildman–Crippen LogP) is 2.89. The lowest BCUT2D eigenvalue weighted by atomic mass is 9.71. The Kier molecular flexibility index (Phi) is 3.33. The molecule has 0 aliphatic heterocycles. The van der Waals surface area contributed by atoms with Gasteiger partial charge in [-0.3, -0.25) is 0 Å². The molecule has 1 heteroatoms. The summed E-state index contributed by atoms with van der Waals surface area (Å²) in [4.78, 5) is 0. The molecular formula is C11H20O. The maximum atomic E-state index is 9.86. The highest BCUT2D eigenvalue weighted by Crippen LogP contribution is 2.39. The average Bonchev–Trinajstić information content (AvgIpc) is 2.06. The number of hydrogen-bond acceptors (Lipinski definition) is 1. The summed E-state index contributed by atoms with van der Waals surface area (Å²) < 4.78 is 0. The first-order chi connectivity index (χ1) is 5.69. The standard InChI is InChI=1S/C11H20O/c1-3-7-10(12)11(2)8-5-4-6-9-11/h3,10,12H,1,4-9H2,2H3. The smallest absolute Gasteiger partial charge is 0.0628 e. The van der Waals surface area contributed by atoms with Crippen molar-refractivity contribution >= 4 is 0 Å². The van der Waals surface area contributed by atoms with Gasteiger partial charge < -0.3 is 5.11 Å². The summed E-state index contributed by atoms with van der Waals surface area (Å²) in [6.45, 7) is 5.88. The Balaban J connectivity index is 2.49. The van der Waals surface area contributed by atoms with Crippen molar-refractivity contribution < 1.29 is 5.11 Å². The molecule has 0 amide bonds. The van der Waals surface area contributed by atoms with Crippen LogP contribution >= 0.6 is 0 Å². The van der Waals surface area contributed by atoms with E-state index in [9.17, 15) is 5.11 Å². The van der Waals surface area contributed by atoms with Crippen molar-refractivity contribution in [1.82, 2.24) is 0 Å². The Bertz CT molecular complexity index is 145. The van der Waals surface area contributed by atoms with Crippen molar-refractivity contribution in [3.63, 3.8) is 0 Å². The van der Waals surface area contributed by atoms with E-state index in [1.54, 1.807) is 0 Å². The van der Waals surface area contributed by atoms with Gasteiger partial charge in [-0.05, 0) is 24.7 Å². The Hall–Kier alpha value is -0.300. The molecule has 0 saturated heterocycles. The van der Waals surface area contributed by atoms with Gasteiger partial charge >= 0.3 is 0 Å². The Morgan fingerprint density at radius 2 is 2.00 bits per heavy atom. The van der Waals surface area contributed by atoms with Crippen LogP contribution in [-0.2, 0) is 0 Å². The van der Waals surface area contributed by atoms with E-state index in [1.165, 1.54) is 32.1 Å². The van der Waals surface area contributed by atoms with Crippen molar-refractivity contribution in [3.05, 3.63) is 12.7 Å². The van der Waals surface area contributed by atoms with E-state index < -0.39 is 0 Å². The van der Waals surface area contributed by atoms with E-state index in [0.29, 0.717) is 0 Å². The molecule has 12 heavy (non-hydrogen) atoms. The number of aliphatic hydroxyl groups is 1. The van der Waals surface area contributed by atoms with Crippen LogP contribution in [0.2, 0.25) is 0 Å². The molecule has 1 atom stereocenters. The van der Waals surface area contributed by atoms with Crippen LogP contribution in [0.1, 0.15) is 45.4 Å². The first kappa shape index (κ1) is 9.79. The van der Waals surface area contributed by atoms with E-state index in [1.807, 2.05) is 6.08 Å². The normalized spacial score (nSPS) is 24.8. The second-order valence-corrected chi connectivity index (χ2v) is 4.25. The molecular weight excluding hydrogens is 148 g/mol. The zero-order valence-electron chi connectivity index (χ0n) is 8.05. The fourth-order valence-electron chi connectivity index (χ4n) is 2.14. The fraction of sp³-hybridized carbons (Fsp3) is 0.818. The summed E-state index contributed by atoms with van der Waals surface area (Å²) in [5.74, 6) is 0. The van der Waals surface area contributed by atoms with Gasteiger partial charge in [0.15, 0.2) is 0 Å². The molecule has 1 unspecified atom stereocenters. The van der Waals surface area contributed by atoms with Crippen molar-refractivity contribution in [3.8, 4) is 0 Å². The van der Waals surface area contributed by atoms with Gasteiger partial charge in [-0.15, -0.1) is 6.58 Å². The lowest BCUT2D eigenvalue weighted by molar-refractivity contribution is 0.0123. The lowest BCUT2D eigenvalue weighted by Crippen LogP contribution is -2.33. The molecule has 0 aromatic carbocycles. The first-order valence-corrected chi connectivity index (χ1v) is 4.98. The molecule has 0 radical (unpaired) electrons. The molecule has 1 rings (SSSR count). The summed E-state index contributed by atoms with van der Waals surface area (Å²) in [5, 5.41) is 9.86. The molecule has 0 spiro atoms. The van der Waals surface area contributed by atoms with Gasteiger partial charge in [0.25, 0.3) is 0 Å². The highest BCUT2D eigenvalue weighted by Gasteiger charge is 2.33. The van der Waals surface area contributed by atoms with Crippen LogP contribution in [0.4, 0.5) is 0 Å². The molecule has 1 nitrogen and oxygen atoms in total. The van der Waals surface area contributed by atoms with E-state index >= 15 is 0 Å². The molecule has 0 aromatic rings. The number of aliphatic hydroxyl groups excluding tert-OH is 1. The van der Waals surface area contributed by atoms with Gasteiger partial charge in [0.05, 0.1) is 6.10 Å². The van der Waals surface area contributed by atoms with Crippen LogP contribution in [0.3, 0.4) is 0 Å². The largest absolute Gasteiger partial charge is 0.392 e. The van der Waals surface area contributed by atoms with Crippen LogP contribution in [0.15, 0.2) is 12.7 Å². The predicted molar refractivity (Wildman–Crippen MR) is 52.0 cm³/mol. The number of hydrogen-bond donors (Lipinski definition) is 1. The van der Waals surface area contributed by atoms with Crippen molar-refractivity contribution in [2.45, 2.75) is 51.6 Å². The monoisotopic (exact) mass is 168 g/mol. The molecule has 70 valence electrons. The Labute approximate surface area is 75.5 Å². The average molecular weight is 168 g/mol. The van der Waals surface area contributed by atoms with Crippen LogP contribution in [-0.4, -0.2) is 11.2 Å². The summed E-state index contributed by atoms with van der Waals surface area (Å²) in [5.41, 5.74) is 0.173. The molecule has 0 heterocycles. The second kappa shape index (κ2) is 4.08. The molecule has 0 aromatic heterocycles. The Morgan fingerprint density at radius 3 is 2.50 bits per heavy atom. The maximum Gasteiger partial charge on any atom is 0.0628 e. The third kappa shape index (κ3) is 2.10. The minimum Gasteiger partial charge on any atom is -0.392 e. The SMILES string of the molecule is C=CCC(O)C1(C)CCCCC1. The quantitative estimate of drug-likeness (QED) is 0.642. The van der Waals surface area contributed by atoms with Crippen molar-refractivity contribution in [1.29, 1.82) is 0 Å². The molecule has 1 aliphatic rings. The maximum absolute atomic E-state index is 9.86. The fourth-order valence-corrected chi connectivity index (χ4v) is 2.14. The van der Waals surface area contributed by atoms with Crippen LogP contribution in [0.25, 0.3) is 0 Å². The zero-order chi connectivity index (χ0) is 9.03. The third-order valence-electron chi connectivity index (χ3n) is 3.19. The summed E-state index contributed by atoms with van der Waals surface area (Å²) in [7, 11) is 0. The number of rotatable bonds is 3. The Morgan fingerprint density at radius 1 is 1.42 bits per heavy atom. The van der Waals surface area contributed by atoms with E-state index in [-0.39, 0.29) is 11.5 Å². The van der Waals surface area contributed by atoms with Crippen molar-refractivity contribution in [2.24, 2.45) is 5.41 Å². The lowest BCUT2D eigenvalue weighted by Gasteiger charge is -2.37. The van der Waals surface area contributed by atoms with Gasteiger partial charge in [-0.25, -0.2) is 0 Å². The highest BCUT2D eigenvalue weighted by molar-refractivity contribution is 4.88. The summed E-state index contributed by atoms with van der Waals surface area (Å²) >= 11 is 0. The molecule has 1 N–H and O–H groups in total. The van der Waals surface area contributed by atoms with Gasteiger partial charge in [-0.1, -0.05) is 32.3 Å². The highest BCUT2D eigenvalue weighted by atomic mass is 16.3. The van der Waals surface area contributed by atoms with E-state index in [4.69, 9.17) is 0 Å². The van der Waals surface area contributed by atoms with E-state index in [0.717, 1.165) is 6.42 Å². The second-order valence-electron chi connectivity index (χ2n) is 4.25. The van der Waals surface area contributed by atoms with Crippen LogP contribution in [0, 0.1) is 5.41 Å². The van der Waals surface area contributed by atoms with Crippen molar-refractivity contribution in [2.75, 3.05) is 0 Å². The van der Waals surface area contributed by atoms with Gasteiger partial charge in [0, 0.05) is 0 Å². The third-order valence-corrected chi connectivity index (χ3v) is 3.19. The summed E-state index contributed by atoms with van der Waals surface area (Å²) in [6, 6.07) is 0. The van der Waals surface area contributed by atoms with Crippen LogP contribution in [0.5, 0.6) is 0 Å². The minimum absolute atomic E-state index is 0.171. The zero-order valence-corrected chi connectivity index (χ0v) is 8.05. The molecule has 0 bridgehead atoms. The molecule has 1 saturated carbocycles. The minimum atomic E-state index is -0.171. The van der Waals surface area contributed by atoms with E-state index in [2.05, 4.69) is 13.5 Å². The topological polar surface area (TPSA) is 20.2 Å². The van der Waals surface area contributed by atoms with Crippen LogP contribution < -0.4 is 0 Å². The molecule has 1 aliphatic carbocycles. The molecule has 1 fully saturated rings. The van der Waals surface area contributed by atoms with Gasteiger partial charge in [0.2, 0.25) is 0 Å². The van der Waals surface area contributed by atoms with Gasteiger partial charge in [-0.2, -0.15) is 0 Å².